The van der Waals surface area contributed by atoms with E-state index in [-0.39, 0.29) is 0 Å². The summed E-state index contributed by atoms with van der Waals surface area (Å²) in [6.45, 7) is 0. The first-order chi connectivity index (χ1) is 31.7. The first-order valence-corrected chi connectivity index (χ1v) is 21.7. The van der Waals surface area contributed by atoms with E-state index in [1.54, 1.807) is 0 Å². The van der Waals surface area contributed by atoms with Crippen LogP contribution in [0.2, 0.25) is 0 Å². The smallest absolute Gasteiger partial charge is 0.164 e. The molecule has 0 aliphatic heterocycles. The normalized spacial score (nSPS) is 11.8. The van der Waals surface area contributed by atoms with E-state index in [1.165, 1.54) is 43.4 Å². The number of hydrogen-bond acceptors (Lipinski definition) is 3. The van der Waals surface area contributed by atoms with Gasteiger partial charge in [0.1, 0.15) is 0 Å². The summed E-state index contributed by atoms with van der Waals surface area (Å²) in [6.07, 6.45) is 0. The predicted molar refractivity (Wildman–Crippen MR) is 265 cm³/mol. The van der Waals surface area contributed by atoms with Crippen LogP contribution in [0.5, 0.6) is 0 Å². The van der Waals surface area contributed by atoms with Gasteiger partial charge in [-0.1, -0.05) is 170 Å². The fourth-order valence-corrected chi connectivity index (χ4v) is 9.71. The zero-order valence-electron chi connectivity index (χ0n) is 34.6. The highest BCUT2D eigenvalue weighted by Crippen LogP contribution is 2.41. The minimum Gasteiger partial charge on any atom is -0.309 e. The lowest BCUT2D eigenvalue weighted by Crippen LogP contribution is -2.02. The number of fused-ring (bicyclic) bond motifs is 8. The Labute approximate surface area is 368 Å². The molecule has 0 atom stereocenters. The molecule has 5 nitrogen and oxygen atoms in total. The van der Waals surface area contributed by atoms with E-state index in [2.05, 4.69) is 209 Å². The van der Waals surface area contributed by atoms with Crippen LogP contribution in [0.1, 0.15) is 0 Å². The molecule has 0 fully saturated rings. The molecule has 0 aliphatic rings. The molecule has 13 rings (SSSR count). The van der Waals surface area contributed by atoms with Crippen LogP contribution in [0.3, 0.4) is 0 Å². The van der Waals surface area contributed by atoms with Crippen LogP contribution in [-0.2, 0) is 0 Å². The van der Waals surface area contributed by atoms with Gasteiger partial charge < -0.3 is 9.13 Å². The molecule has 5 heteroatoms. The third kappa shape index (κ3) is 5.83. The Balaban J connectivity index is 1.09. The van der Waals surface area contributed by atoms with Crippen LogP contribution in [0.4, 0.5) is 0 Å². The summed E-state index contributed by atoms with van der Waals surface area (Å²) in [4.78, 5) is 15.7. The van der Waals surface area contributed by atoms with Gasteiger partial charge in [0.25, 0.3) is 0 Å². The topological polar surface area (TPSA) is 48.5 Å². The van der Waals surface area contributed by atoms with Crippen molar-refractivity contribution in [2.45, 2.75) is 0 Å². The van der Waals surface area contributed by atoms with Crippen LogP contribution in [-0.4, -0.2) is 24.1 Å². The Bertz CT molecular complexity index is 3900. The van der Waals surface area contributed by atoms with Gasteiger partial charge in [0.2, 0.25) is 0 Å². The molecule has 0 saturated heterocycles. The molecule has 0 saturated carbocycles. The fourth-order valence-electron chi connectivity index (χ4n) is 9.71. The van der Waals surface area contributed by atoms with Gasteiger partial charge >= 0.3 is 0 Å². The Kier molecular flexibility index (Phi) is 8.15. The van der Waals surface area contributed by atoms with E-state index in [4.69, 9.17) is 15.0 Å². The molecule has 10 aromatic carbocycles. The number of nitrogens with zero attached hydrogens (tertiary/aromatic N) is 5. The lowest BCUT2D eigenvalue weighted by atomic mass is 10.0. The molecule has 0 amide bonds. The third-order valence-electron chi connectivity index (χ3n) is 12.7. The lowest BCUT2D eigenvalue weighted by molar-refractivity contribution is 1.07. The van der Waals surface area contributed by atoms with Crippen LogP contribution < -0.4 is 0 Å². The SMILES string of the molecule is c1ccc(-c2cccc(-c3nc(-c4ccccc4)nc(-c4cc(-n5c6cc(-n7c8ccccc8c8ccccc87)ccc6c6cc7ccccc7cc65)c5ccccc5c4)n3)c2)cc1. The Hall–Kier alpha value is -8.67. The largest absolute Gasteiger partial charge is 0.309 e. The predicted octanol–water partition coefficient (Wildman–Crippen LogP) is 15.0. The minimum absolute atomic E-state index is 0.609. The molecular weight excluding hydrogens is 779 g/mol. The highest BCUT2D eigenvalue weighted by molar-refractivity contribution is 6.16. The van der Waals surface area contributed by atoms with Crippen molar-refractivity contribution in [1.29, 1.82) is 0 Å². The van der Waals surface area contributed by atoms with Crippen molar-refractivity contribution in [3.63, 3.8) is 0 Å². The minimum atomic E-state index is 0.609. The molecule has 0 bridgehead atoms. The van der Waals surface area contributed by atoms with Crippen molar-refractivity contribution in [1.82, 2.24) is 24.1 Å². The lowest BCUT2D eigenvalue weighted by Gasteiger charge is -2.16. The van der Waals surface area contributed by atoms with Crippen LogP contribution in [0, 0.1) is 0 Å². The van der Waals surface area contributed by atoms with Crippen LogP contribution in [0.25, 0.3) is 122 Å². The highest BCUT2D eigenvalue weighted by atomic mass is 15.0. The quantitative estimate of drug-likeness (QED) is 0.168. The van der Waals surface area contributed by atoms with Crippen molar-refractivity contribution in [3.05, 3.63) is 224 Å². The molecular formula is C59H37N5. The maximum atomic E-state index is 5.30. The molecule has 64 heavy (non-hydrogen) atoms. The number of rotatable bonds is 6. The second-order valence-electron chi connectivity index (χ2n) is 16.5. The van der Waals surface area contributed by atoms with Gasteiger partial charge in [0.05, 0.1) is 27.8 Å². The van der Waals surface area contributed by atoms with E-state index >= 15 is 0 Å². The molecule has 3 heterocycles. The maximum Gasteiger partial charge on any atom is 0.164 e. The summed E-state index contributed by atoms with van der Waals surface area (Å²) >= 11 is 0. The molecule has 0 N–H and O–H groups in total. The summed E-state index contributed by atoms with van der Waals surface area (Å²) < 4.78 is 4.87. The monoisotopic (exact) mass is 815 g/mol. The molecule has 0 aliphatic carbocycles. The van der Waals surface area contributed by atoms with Crippen molar-refractivity contribution >= 4 is 65.2 Å². The Morgan fingerprint density at radius 2 is 0.766 bits per heavy atom. The molecule has 0 spiro atoms. The third-order valence-corrected chi connectivity index (χ3v) is 12.7. The average Bonchev–Trinajstić information content (AvgIpc) is 3.87. The first-order valence-electron chi connectivity index (χ1n) is 21.7. The number of benzene rings is 10. The van der Waals surface area contributed by atoms with Crippen molar-refractivity contribution < 1.29 is 0 Å². The van der Waals surface area contributed by atoms with Crippen molar-refractivity contribution in [2.75, 3.05) is 0 Å². The maximum absolute atomic E-state index is 5.30. The van der Waals surface area contributed by atoms with Crippen molar-refractivity contribution in [2.24, 2.45) is 0 Å². The Morgan fingerprint density at radius 1 is 0.250 bits per heavy atom. The first kappa shape index (κ1) is 36.0. The Morgan fingerprint density at radius 3 is 1.48 bits per heavy atom. The summed E-state index contributed by atoms with van der Waals surface area (Å²) in [5.74, 6) is 1.85. The summed E-state index contributed by atoms with van der Waals surface area (Å²) in [5.41, 5.74) is 11.8. The van der Waals surface area contributed by atoms with Gasteiger partial charge in [-0.05, 0) is 81.9 Å². The van der Waals surface area contributed by atoms with E-state index in [1.807, 2.05) is 24.3 Å². The summed E-state index contributed by atoms with van der Waals surface area (Å²) in [6, 6.07) is 80.0. The number of para-hydroxylation sites is 2. The second kappa shape index (κ2) is 14.5. The second-order valence-corrected chi connectivity index (χ2v) is 16.5. The van der Waals surface area contributed by atoms with E-state index < -0.39 is 0 Å². The zero-order chi connectivity index (χ0) is 42.1. The van der Waals surface area contributed by atoms with Crippen LogP contribution >= 0.6 is 0 Å². The van der Waals surface area contributed by atoms with Gasteiger partial charge in [-0.3, -0.25) is 0 Å². The standard InChI is InChI=1S/C59H37N5/c1-3-16-38(17-4-1)40-23-15-24-44(32-40)58-60-57(39-18-5-2-6-19-39)61-59(62-58)45-33-43-22-9-10-25-47(43)54(36-45)64-55-35-42-21-8-7-20-41(42)34-51(55)50-31-30-46(37-56(50)64)63-52-28-13-11-26-48(52)49-27-12-14-29-53(49)63/h1-37H. The highest BCUT2D eigenvalue weighted by Gasteiger charge is 2.21. The van der Waals surface area contributed by atoms with Gasteiger partial charge in [-0.25, -0.2) is 15.0 Å². The molecule has 0 radical (unpaired) electrons. The number of aromatic nitrogens is 5. The van der Waals surface area contributed by atoms with Crippen molar-refractivity contribution in [3.8, 4) is 56.7 Å². The van der Waals surface area contributed by atoms with Gasteiger partial charge in [0, 0.05) is 49.3 Å². The molecule has 13 aromatic rings. The van der Waals surface area contributed by atoms with Gasteiger partial charge in [-0.15, -0.1) is 0 Å². The fraction of sp³-hybridized carbons (Fsp3) is 0. The number of hydrogen-bond donors (Lipinski definition) is 0. The molecule has 298 valence electrons. The zero-order valence-corrected chi connectivity index (χ0v) is 34.6. The van der Waals surface area contributed by atoms with Gasteiger partial charge in [-0.2, -0.15) is 0 Å². The van der Waals surface area contributed by atoms with Crippen LogP contribution in [0.15, 0.2) is 224 Å². The summed E-state index contributed by atoms with van der Waals surface area (Å²) in [7, 11) is 0. The van der Waals surface area contributed by atoms with E-state index in [0.717, 1.165) is 61.0 Å². The molecule has 0 unspecified atom stereocenters. The summed E-state index contributed by atoms with van der Waals surface area (Å²) in [5, 5.41) is 9.49. The van der Waals surface area contributed by atoms with E-state index in [0.29, 0.717) is 17.5 Å². The van der Waals surface area contributed by atoms with Gasteiger partial charge in [0.15, 0.2) is 17.5 Å². The average molecular weight is 816 g/mol. The molecule has 3 aromatic heterocycles. The van der Waals surface area contributed by atoms with E-state index in [9.17, 15) is 0 Å².